The van der Waals surface area contributed by atoms with Crippen LogP contribution in [0.1, 0.15) is 12.5 Å². The van der Waals surface area contributed by atoms with Crippen LogP contribution in [0.25, 0.3) is 0 Å². The Kier molecular flexibility index (Phi) is 5.20. The van der Waals surface area contributed by atoms with Gasteiger partial charge in [-0.1, -0.05) is 17.7 Å². The largest absolute Gasteiger partial charge is 0.381 e. The molecule has 0 spiro atoms. The van der Waals surface area contributed by atoms with Gasteiger partial charge in [0.25, 0.3) is 0 Å². The van der Waals surface area contributed by atoms with Gasteiger partial charge in [-0.25, -0.2) is 4.39 Å². The molecule has 0 heterocycles. The first kappa shape index (κ1) is 15.8. The third kappa shape index (κ3) is 4.44. The monoisotopic (exact) mass is 370 g/mol. The molecule has 0 atom stereocenters. The van der Waals surface area contributed by atoms with E-state index in [1.807, 2.05) is 18.2 Å². The molecule has 0 aliphatic rings. The summed E-state index contributed by atoms with van der Waals surface area (Å²) in [5.74, 6) is -0.784. The molecule has 3 nitrogen and oxygen atoms in total. The molecule has 21 heavy (non-hydrogen) atoms. The molecule has 0 bridgehead atoms. The SMILES string of the molecule is CC(=O)Nc1cc(NCc2ccc(Br)c(Cl)c2)ccc1F. The summed E-state index contributed by atoms with van der Waals surface area (Å²) in [7, 11) is 0. The number of nitrogens with one attached hydrogen (secondary N) is 2. The van der Waals surface area contributed by atoms with Crippen molar-refractivity contribution >= 4 is 44.8 Å². The Labute approximate surface area is 135 Å². The molecule has 0 aliphatic carbocycles. The average molecular weight is 372 g/mol. The van der Waals surface area contributed by atoms with Gasteiger partial charge in [0.05, 0.1) is 10.7 Å². The number of carbonyl (C=O) groups is 1. The fourth-order valence-corrected chi connectivity index (χ4v) is 2.22. The summed E-state index contributed by atoms with van der Waals surface area (Å²) < 4.78 is 14.4. The molecule has 2 aromatic carbocycles. The molecule has 0 radical (unpaired) electrons. The van der Waals surface area contributed by atoms with Crippen molar-refractivity contribution in [3.63, 3.8) is 0 Å². The third-order valence-electron chi connectivity index (χ3n) is 2.76. The molecule has 0 aliphatic heterocycles. The number of hydrogen-bond acceptors (Lipinski definition) is 2. The second-order valence-corrected chi connectivity index (χ2v) is 5.74. The minimum absolute atomic E-state index is 0.154. The van der Waals surface area contributed by atoms with Gasteiger partial charge in [-0.05, 0) is 51.8 Å². The number of anilines is 2. The van der Waals surface area contributed by atoms with Crippen LogP contribution in [0.5, 0.6) is 0 Å². The molecule has 1 amide bonds. The zero-order chi connectivity index (χ0) is 15.4. The van der Waals surface area contributed by atoms with Crippen molar-refractivity contribution in [2.24, 2.45) is 0 Å². The van der Waals surface area contributed by atoms with Crippen LogP contribution >= 0.6 is 27.5 Å². The molecule has 110 valence electrons. The van der Waals surface area contributed by atoms with Gasteiger partial charge in [0.1, 0.15) is 5.82 Å². The molecule has 0 fully saturated rings. The molecule has 0 aromatic heterocycles. The molecule has 0 saturated carbocycles. The summed E-state index contributed by atoms with van der Waals surface area (Å²) in [6.07, 6.45) is 0. The molecule has 0 unspecified atom stereocenters. The predicted octanol–water partition coefficient (Wildman–Crippen LogP) is 4.81. The maximum atomic E-state index is 13.5. The second-order valence-electron chi connectivity index (χ2n) is 4.48. The van der Waals surface area contributed by atoms with Gasteiger partial charge in [-0.15, -0.1) is 0 Å². The summed E-state index contributed by atoms with van der Waals surface area (Å²) >= 11 is 9.36. The van der Waals surface area contributed by atoms with E-state index < -0.39 is 5.82 Å². The fourth-order valence-electron chi connectivity index (χ4n) is 1.77. The standard InChI is InChI=1S/C15H13BrClFN2O/c1-9(21)20-15-7-11(3-5-14(15)18)19-8-10-2-4-12(16)13(17)6-10/h2-7,19H,8H2,1H3,(H,20,21). The van der Waals surface area contributed by atoms with Crippen LogP contribution in [0.2, 0.25) is 5.02 Å². The summed E-state index contributed by atoms with van der Waals surface area (Å²) in [5.41, 5.74) is 1.86. The Bertz CT molecular complexity index is 679. The van der Waals surface area contributed by atoms with Crippen LogP contribution in [0.3, 0.4) is 0 Å². The van der Waals surface area contributed by atoms with Crippen LogP contribution in [-0.4, -0.2) is 5.91 Å². The minimum atomic E-state index is -0.470. The quantitative estimate of drug-likeness (QED) is 0.809. The van der Waals surface area contributed by atoms with Crippen molar-refractivity contribution in [3.05, 3.63) is 57.3 Å². The molecule has 2 rings (SSSR count). The second kappa shape index (κ2) is 6.91. The van der Waals surface area contributed by atoms with E-state index >= 15 is 0 Å². The molecular formula is C15H13BrClFN2O. The highest BCUT2D eigenvalue weighted by molar-refractivity contribution is 9.10. The smallest absolute Gasteiger partial charge is 0.221 e. The molecule has 0 saturated heterocycles. The topological polar surface area (TPSA) is 41.1 Å². The third-order valence-corrected chi connectivity index (χ3v) is 3.99. The highest BCUT2D eigenvalue weighted by Crippen LogP contribution is 2.24. The Hall–Kier alpha value is -1.59. The Morgan fingerprint density at radius 1 is 1.29 bits per heavy atom. The van der Waals surface area contributed by atoms with E-state index in [1.54, 1.807) is 12.1 Å². The first-order chi connectivity index (χ1) is 9.95. The van der Waals surface area contributed by atoms with E-state index in [0.717, 1.165) is 10.0 Å². The van der Waals surface area contributed by atoms with Gasteiger partial charge in [0.15, 0.2) is 0 Å². The zero-order valence-electron chi connectivity index (χ0n) is 11.2. The van der Waals surface area contributed by atoms with Crippen molar-refractivity contribution in [2.75, 3.05) is 10.6 Å². The molecule has 6 heteroatoms. The lowest BCUT2D eigenvalue weighted by atomic mass is 10.2. The van der Waals surface area contributed by atoms with Crippen LogP contribution in [-0.2, 0) is 11.3 Å². The van der Waals surface area contributed by atoms with Crippen molar-refractivity contribution in [1.82, 2.24) is 0 Å². The number of carbonyl (C=O) groups excluding carboxylic acids is 1. The summed E-state index contributed by atoms with van der Waals surface area (Å²) in [5, 5.41) is 6.24. The van der Waals surface area contributed by atoms with Crippen LogP contribution in [0, 0.1) is 5.82 Å². The Balaban J connectivity index is 2.09. The van der Waals surface area contributed by atoms with E-state index in [-0.39, 0.29) is 11.6 Å². The van der Waals surface area contributed by atoms with E-state index in [4.69, 9.17) is 11.6 Å². The number of benzene rings is 2. The first-order valence-corrected chi connectivity index (χ1v) is 7.38. The Morgan fingerprint density at radius 3 is 2.71 bits per heavy atom. The number of amides is 1. The van der Waals surface area contributed by atoms with Crippen molar-refractivity contribution < 1.29 is 9.18 Å². The van der Waals surface area contributed by atoms with E-state index in [0.29, 0.717) is 17.3 Å². The van der Waals surface area contributed by atoms with Crippen molar-refractivity contribution in [1.29, 1.82) is 0 Å². The fraction of sp³-hybridized carbons (Fsp3) is 0.133. The maximum absolute atomic E-state index is 13.5. The van der Waals surface area contributed by atoms with E-state index in [1.165, 1.54) is 13.0 Å². The maximum Gasteiger partial charge on any atom is 0.221 e. The minimum Gasteiger partial charge on any atom is -0.381 e. The van der Waals surface area contributed by atoms with Gasteiger partial charge in [-0.3, -0.25) is 4.79 Å². The normalized spacial score (nSPS) is 10.3. The zero-order valence-corrected chi connectivity index (χ0v) is 13.6. The van der Waals surface area contributed by atoms with Gasteiger partial charge < -0.3 is 10.6 Å². The lowest BCUT2D eigenvalue weighted by Crippen LogP contribution is -2.08. The number of rotatable bonds is 4. The summed E-state index contributed by atoms with van der Waals surface area (Å²) in [6.45, 7) is 1.88. The average Bonchev–Trinajstić information content (AvgIpc) is 2.43. The predicted molar refractivity (Wildman–Crippen MR) is 87.2 cm³/mol. The van der Waals surface area contributed by atoms with Gasteiger partial charge in [0, 0.05) is 23.6 Å². The lowest BCUT2D eigenvalue weighted by molar-refractivity contribution is -0.114. The van der Waals surface area contributed by atoms with Crippen molar-refractivity contribution in [2.45, 2.75) is 13.5 Å². The Morgan fingerprint density at radius 2 is 2.05 bits per heavy atom. The van der Waals surface area contributed by atoms with E-state index in [9.17, 15) is 9.18 Å². The van der Waals surface area contributed by atoms with Crippen molar-refractivity contribution in [3.8, 4) is 0 Å². The molecular weight excluding hydrogens is 359 g/mol. The number of hydrogen-bond donors (Lipinski definition) is 2. The highest BCUT2D eigenvalue weighted by Gasteiger charge is 2.05. The highest BCUT2D eigenvalue weighted by atomic mass is 79.9. The summed E-state index contributed by atoms with van der Waals surface area (Å²) in [6, 6.07) is 10.1. The van der Waals surface area contributed by atoms with E-state index in [2.05, 4.69) is 26.6 Å². The van der Waals surface area contributed by atoms with Gasteiger partial charge >= 0.3 is 0 Å². The number of halogens is 3. The molecule has 2 aromatic rings. The van der Waals surface area contributed by atoms with Gasteiger partial charge in [0.2, 0.25) is 5.91 Å². The van der Waals surface area contributed by atoms with Crippen LogP contribution < -0.4 is 10.6 Å². The lowest BCUT2D eigenvalue weighted by Gasteiger charge is -2.10. The first-order valence-electron chi connectivity index (χ1n) is 6.20. The van der Waals surface area contributed by atoms with Crippen LogP contribution in [0.15, 0.2) is 40.9 Å². The van der Waals surface area contributed by atoms with Gasteiger partial charge in [-0.2, -0.15) is 0 Å². The van der Waals surface area contributed by atoms with Crippen LogP contribution in [0.4, 0.5) is 15.8 Å². The summed E-state index contributed by atoms with van der Waals surface area (Å²) in [4.78, 5) is 11.0. The molecule has 2 N–H and O–H groups in total.